The van der Waals surface area contributed by atoms with Crippen molar-refractivity contribution in [2.75, 3.05) is 44.9 Å². The number of aliphatic carboxylic acids is 1. The Kier molecular flexibility index (Phi) is 12.3. The van der Waals surface area contributed by atoms with Gasteiger partial charge in [0.05, 0.1) is 34.7 Å². The SMILES string of the molecule is CN(c1ccc2c(-c3ccccc3S(=O)(=O)N(C)CC3=C(C(=O)O)N4C(=O)[C@@H](NC(=O)[C@H]5/C(=C/CO)O[C@@H]6CC(=O)N65)C4SC3)c3ccc(=[N+](C)c4ccccc4Cl)cc-3oc2c1)c1ccccc1Cl. The third kappa shape index (κ3) is 7.88. The summed E-state index contributed by atoms with van der Waals surface area (Å²) in [5.74, 6) is -2.66. The van der Waals surface area contributed by atoms with Gasteiger partial charge in [0.25, 0.3) is 11.8 Å². The molecule has 5 heterocycles. The lowest BCUT2D eigenvalue weighted by Crippen LogP contribution is -2.72. The van der Waals surface area contributed by atoms with Gasteiger partial charge in [-0.25, -0.2) is 13.2 Å². The van der Waals surface area contributed by atoms with Crippen molar-refractivity contribution in [2.24, 2.45) is 0 Å². The number of carbonyl (C=O) groups excluding carboxylic acids is 3. The number of rotatable bonds is 12. The lowest BCUT2D eigenvalue weighted by Gasteiger charge is -2.50. The highest BCUT2D eigenvalue weighted by Gasteiger charge is 2.58. The summed E-state index contributed by atoms with van der Waals surface area (Å²) in [5, 5.41) is 24.3. The Morgan fingerprint density at radius 2 is 1.67 bits per heavy atom. The molecule has 3 fully saturated rings. The number of para-hydroxylation sites is 2. The summed E-state index contributed by atoms with van der Waals surface area (Å²) in [7, 11) is 0.704. The number of anilines is 2. The molecule has 3 saturated heterocycles. The van der Waals surface area contributed by atoms with Crippen molar-refractivity contribution in [3.63, 3.8) is 0 Å². The first-order valence-corrected chi connectivity index (χ1v) is 25.2. The number of thioether (sulfide) groups is 1. The zero-order chi connectivity index (χ0) is 49.3. The first-order chi connectivity index (χ1) is 33.6. The number of hydrogen-bond acceptors (Lipinski definition) is 11. The van der Waals surface area contributed by atoms with Crippen molar-refractivity contribution in [3.05, 3.63) is 148 Å². The van der Waals surface area contributed by atoms with Gasteiger partial charge in [-0.05, 0) is 54.1 Å². The average Bonchev–Trinajstić information content (AvgIpc) is 3.65. The van der Waals surface area contributed by atoms with Crippen molar-refractivity contribution in [1.29, 1.82) is 0 Å². The van der Waals surface area contributed by atoms with E-state index in [9.17, 15) is 37.8 Å². The maximum Gasteiger partial charge on any atom is 0.352 e. The first kappa shape index (κ1) is 47.0. The molecule has 4 atom stereocenters. The number of amides is 3. The van der Waals surface area contributed by atoms with Gasteiger partial charge < -0.3 is 29.6 Å². The minimum absolute atomic E-state index is 0.0181. The molecule has 0 aromatic heterocycles. The quantitative estimate of drug-likeness (QED) is 0.0715. The molecule has 5 aliphatic heterocycles. The number of benzene rings is 5. The highest BCUT2D eigenvalue weighted by atomic mass is 35.5. The molecular weight excluding hydrogens is 980 g/mol. The number of aliphatic hydroxyl groups excluding tert-OH is 1. The first-order valence-electron chi connectivity index (χ1n) is 21.9. The van der Waals surface area contributed by atoms with E-state index in [-0.39, 0.29) is 46.6 Å². The Bertz CT molecular complexity index is 3430. The number of sulfonamides is 1. The van der Waals surface area contributed by atoms with Crippen LogP contribution < -0.4 is 20.1 Å². The van der Waals surface area contributed by atoms with Gasteiger partial charge in [-0.15, -0.1) is 11.8 Å². The maximum absolute atomic E-state index is 15.0. The Hall–Kier alpha value is -6.67. The second kappa shape index (κ2) is 18.3. The van der Waals surface area contributed by atoms with Crippen LogP contribution in [0, 0.1) is 0 Å². The van der Waals surface area contributed by atoms with E-state index in [0.29, 0.717) is 43.5 Å². The summed E-state index contributed by atoms with van der Waals surface area (Å²) in [6, 6.07) is 30.4. The topological polar surface area (TPSA) is 193 Å². The number of carboxylic acids is 1. The molecule has 6 aliphatic rings. The van der Waals surface area contributed by atoms with E-state index in [1.807, 2.05) is 96.4 Å². The van der Waals surface area contributed by atoms with E-state index in [4.69, 9.17) is 32.4 Å². The molecule has 358 valence electrons. The number of aliphatic hydroxyl groups is 1. The molecule has 0 saturated carbocycles. The van der Waals surface area contributed by atoms with Crippen molar-refractivity contribution >= 4 is 96.7 Å². The number of hydrogen-bond donors (Lipinski definition) is 3. The second-order valence-electron chi connectivity index (χ2n) is 17.0. The summed E-state index contributed by atoms with van der Waals surface area (Å²) in [5.41, 5.74) is 4.05. The van der Waals surface area contributed by atoms with E-state index in [0.717, 1.165) is 31.6 Å². The molecule has 16 nitrogen and oxygen atoms in total. The molecule has 4 aromatic rings. The van der Waals surface area contributed by atoms with Gasteiger partial charge in [0.15, 0.2) is 12.3 Å². The number of nitrogens with zero attached hydrogens (tertiary/aromatic N) is 5. The van der Waals surface area contributed by atoms with E-state index in [1.54, 1.807) is 30.3 Å². The van der Waals surface area contributed by atoms with Gasteiger partial charge in [0, 0.05) is 72.4 Å². The number of halogens is 2. The van der Waals surface area contributed by atoms with Crippen molar-refractivity contribution < 1.29 is 47.0 Å². The molecule has 10 rings (SSSR count). The molecule has 70 heavy (non-hydrogen) atoms. The van der Waals surface area contributed by atoms with Gasteiger partial charge in [-0.2, -0.15) is 8.88 Å². The van der Waals surface area contributed by atoms with Crippen molar-refractivity contribution in [2.45, 2.75) is 35.0 Å². The van der Waals surface area contributed by atoms with Crippen molar-refractivity contribution in [1.82, 2.24) is 24.0 Å². The van der Waals surface area contributed by atoms with Crippen LogP contribution in [-0.2, 0) is 33.9 Å². The maximum atomic E-state index is 15.0. The van der Waals surface area contributed by atoms with Crippen molar-refractivity contribution in [3.8, 4) is 22.5 Å². The van der Waals surface area contributed by atoms with Crippen LogP contribution in [-0.4, -0.2) is 120 Å². The number of fused-ring (bicyclic) bond motifs is 4. The molecule has 0 bridgehead atoms. The van der Waals surface area contributed by atoms with Gasteiger partial charge in [-0.1, -0.05) is 65.7 Å². The van der Waals surface area contributed by atoms with E-state index >= 15 is 0 Å². The standard InChI is InChI=1S/C50H42Cl2N6O10S2/c1-54(25-27-26-69-49-44(48(62)58(49)45(27)50(63)64)53-47(61)46-37(20-21-59)68-42-24-41(60)57(42)46)70(65,66)40-15-9-4-10-32(40)43-30-18-16-28(55(2)35-13-7-5-11-33(35)51)22-38(30)67-39-23-29(17-19-31(39)43)56(3)36-14-8-6-12-34(36)52/h4-20,22-23,42,44,46,49,59H,21,24-26H2,1-3H3,(H-,53,61,63,64)/p+1/b37-20-/t42-,44-,46-,49?/m1/s1. The summed E-state index contributed by atoms with van der Waals surface area (Å²) < 4.78 is 45.3. The lowest BCUT2D eigenvalue weighted by molar-refractivity contribution is -0.160. The predicted octanol–water partition coefficient (Wildman–Crippen LogP) is 6.21. The molecule has 20 heteroatoms. The fourth-order valence-corrected chi connectivity index (χ4v) is 12.7. The zero-order valence-corrected chi connectivity index (χ0v) is 40.7. The van der Waals surface area contributed by atoms with Crippen LogP contribution in [0.5, 0.6) is 0 Å². The van der Waals surface area contributed by atoms with Gasteiger partial charge in [-0.3, -0.25) is 24.2 Å². The molecule has 0 spiro atoms. The molecular formula is C50H43Cl2N6O10S2+. The summed E-state index contributed by atoms with van der Waals surface area (Å²) in [6.45, 7) is -0.827. The lowest BCUT2D eigenvalue weighted by atomic mass is 9.93. The summed E-state index contributed by atoms with van der Waals surface area (Å²) in [4.78, 5) is 56.7. The molecule has 3 amide bonds. The number of likely N-dealkylation sites (N-methyl/N-ethyl adjacent to an activating group) is 1. The second-order valence-corrected chi connectivity index (χ2v) is 21.0. The van der Waals surface area contributed by atoms with Crippen LogP contribution in [0.2, 0.25) is 10.0 Å². The molecule has 3 N–H and O–H groups in total. The van der Waals surface area contributed by atoms with E-state index < -0.39 is 58.1 Å². The highest BCUT2D eigenvalue weighted by molar-refractivity contribution is 8.00. The van der Waals surface area contributed by atoms with Crippen LogP contribution in [0.25, 0.3) is 33.4 Å². The molecule has 1 aliphatic carbocycles. The van der Waals surface area contributed by atoms with Gasteiger partial charge in [0.1, 0.15) is 46.3 Å². The van der Waals surface area contributed by atoms with Crippen LogP contribution in [0.1, 0.15) is 6.42 Å². The Morgan fingerprint density at radius 3 is 2.40 bits per heavy atom. The van der Waals surface area contributed by atoms with Crippen LogP contribution in [0.15, 0.2) is 142 Å². The van der Waals surface area contributed by atoms with Gasteiger partial charge in [0.2, 0.25) is 27.0 Å². The monoisotopic (exact) mass is 1020 g/mol. The number of β-lactam (4-membered cyclic amide) rings is 2. The van der Waals surface area contributed by atoms with E-state index in [1.165, 1.54) is 35.9 Å². The normalized spacial score (nSPS) is 20.8. The third-order valence-electron chi connectivity index (χ3n) is 13.0. The Morgan fingerprint density at radius 1 is 0.943 bits per heavy atom. The summed E-state index contributed by atoms with van der Waals surface area (Å²) >= 11 is 14.4. The number of nitrogens with one attached hydrogen (secondary N) is 1. The zero-order valence-electron chi connectivity index (χ0n) is 37.6. The highest BCUT2D eigenvalue weighted by Crippen LogP contribution is 2.46. The largest absolute Gasteiger partial charge is 0.477 e. The van der Waals surface area contributed by atoms with E-state index in [2.05, 4.69) is 5.32 Å². The third-order valence-corrected chi connectivity index (χ3v) is 16.8. The number of carbonyl (C=O) groups is 4. The Balaban J connectivity index is 1.00. The predicted molar refractivity (Wildman–Crippen MR) is 265 cm³/mol. The van der Waals surface area contributed by atoms with Gasteiger partial charge >= 0.3 is 5.97 Å². The number of carboxylic acid groups (broad SMARTS) is 1. The molecule has 0 radical (unpaired) electrons. The minimum atomic E-state index is -4.42. The van der Waals surface area contributed by atoms with Crippen LogP contribution in [0.3, 0.4) is 0 Å². The van der Waals surface area contributed by atoms with Crippen LogP contribution in [0.4, 0.5) is 17.1 Å². The smallest absolute Gasteiger partial charge is 0.352 e. The average molecular weight is 1020 g/mol. The van der Waals surface area contributed by atoms with Crippen LogP contribution >= 0.6 is 35.0 Å². The minimum Gasteiger partial charge on any atom is -0.477 e. The number of ether oxygens (including phenoxy) is 1. The molecule has 4 aromatic carbocycles. The molecule has 1 unspecified atom stereocenters. The Labute approximate surface area is 415 Å². The summed E-state index contributed by atoms with van der Waals surface area (Å²) in [6.07, 6.45) is 0.683. The fraction of sp³-hybridized carbons (Fsp3) is 0.220. The fourth-order valence-electron chi connectivity index (χ4n) is 9.43.